The molecule has 0 aliphatic carbocycles. The molecule has 1 aromatic rings. The molecular weight excluding hydrogens is 274 g/mol. The molecule has 2 rings (SSSR count). The van der Waals surface area contributed by atoms with E-state index >= 15 is 0 Å². The number of aliphatic imine (C=N–C) groups is 1. The highest BCUT2D eigenvalue weighted by Crippen LogP contribution is 2.27. The third-order valence-electron chi connectivity index (χ3n) is 3.12. The molecule has 0 aromatic heterocycles. The van der Waals surface area contributed by atoms with Crippen LogP contribution in [-0.4, -0.2) is 21.9 Å². The fourth-order valence-electron chi connectivity index (χ4n) is 2.19. The molecule has 1 fully saturated rings. The van der Waals surface area contributed by atoms with Crippen LogP contribution in [0.3, 0.4) is 0 Å². The predicted octanol–water partition coefficient (Wildman–Crippen LogP) is 3.64. The molecule has 1 atom stereocenters. The summed E-state index contributed by atoms with van der Waals surface area (Å²) in [5.74, 6) is 1.69. The Labute approximate surface area is 123 Å². The average molecular weight is 293 g/mol. The molecule has 108 valence electrons. The van der Waals surface area contributed by atoms with Crippen molar-refractivity contribution in [2.75, 3.05) is 5.75 Å². The van der Waals surface area contributed by atoms with Crippen molar-refractivity contribution in [3.8, 4) is 0 Å². The van der Waals surface area contributed by atoms with Crippen LogP contribution in [-0.2, 0) is 0 Å². The van der Waals surface area contributed by atoms with Gasteiger partial charge in [-0.3, -0.25) is 10.1 Å². The molecule has 1 aliphatic heterocycles. The largest absolute Gasteiger partial charge is 0.361 e. The van der Waals surface area contributed by atoms with Gasteiger partial charge >= 0.3 is 0 Å². The van der Waals surface area contributed by atoms with Crippen molar-refractivity contribution in [1.29, 1.82) is 0 Å². The fraction of sp³-hybridized carbons (Fsp3) is 0.500. The first-order chi connectivity index (χ1) is 9.45. The summed E-state index contributed by atoms with van der Waals surface area (Å²) in [7, 11) is 0. The van der Waals surface area contributed by atoms with Gasteiger partial charge in [-0.15, -0.1) is 0 Å². The summed E-state index contributed by atoms with van der Waals surface area (Å²) in [5.41, 5.74) is 1.72. The third kappa shape index (κ3) is 3.72. The van der Waals surface area contributed by atoms with Gasteiger partial charge in [-0.2, -0.15) is 0 Å². The van der Waals surface area contributed by atoms with Crippen LogP contribution >= 0.6 is 11.8 Å². The molecule has 6 heteroatoms. The van der Waals surface area contributed by atoms with Gasteiger partial charge in [-0.05, 0) is 30.9 Å². The number of hydrogen-bond donors (Lipinski definition) is 1. The Morgan fingerprint density at radius 2 is 2.30 bits per heavy atom. The zero-order valence-corrected chi connectivity index (χ0v) is 12.7. The summed E-state index contributed by atoms with van der Waals surface area (Å²) >= 11 is 1.71. The lowest BCUT2D eigenvalue weighted by Crippen LogP contribution is -2.28. The number of hydrogen-bond acceptors (Lipinski definition) is 4. The highest BCUT2D eigenvalue weighted by atomic mass is 32.2. The summed E-state index contributed by atoms with van der Waals surface area (Å²) < 4.78 is 0. The summed E-state index contributed by atoms with van der Waals surface area (Å²) in [5, 5.41) is 15.0. The molecule has 0 bridgehead atoms. The number of aryl methyl sites for hydroxylation is 1. The van der Waals surface area contributed by atoms with Crippen molar-refractivity contribution in [3.05, 3.63) is 33.9 Å². The summed E-state index contributed by atoms with van der Waals surface area (Å²) in [6.07, 6.45) is 1.13. The van der Waals surface area contributed by atoms with E-state index in [2.05, 4.69) is 24.2 Å². The van der Waals surface area contributed by atoms with Gasteiger partial charge in [0.25, 0.3) is 5.69 Å². The maximum absolute atomic E-state index is 10.7. The van der Waals surface area contributed by atoms with Crippen LogP contribution in [0.4, 0.5) is 11.4 Å². The Morgan fingerprint density at radius 1 is 1.55 bits per heavy atom. The molecule has 0 radical (unpaired) electrons. The first-order valence-corrected chi connectivity index (χ1v) is 7.67. The molecular formula is C14H19N3O2S. The molecule has 1 N–H and O–H groups in total. The van der Waals surface area contributed by atoms with Crippen LogP contribution in [0.15, 0.2) is 23.2 Å². The quantitative estimate of drug-likeness (QED) is 0.679. The van der Waals surface area contributed by atoms with Crippen LogP contribution < -0.4 is 5.32 Å². The Hall–Kier alpha value is -1.56. The summed E-state index contributed by atoms with van der Waals surface area (Å²) in [4.78, 5) is 14.9. The van der Waals surface area contributed by atoms with Crippen LogP contribution in [0.5, 0.6) is 0 Å². The van der Waals surface area contributed by atoms with Gasteiger partial charge < -0.3 is 5.32 Å². The number of thioether (sulfide) groups is 1. The van der Waals surface area contributed by atoms with Crippen molar-refractivity contribution < 1.29 is 4.92 Å². The standard InChI is InChI=1S/C14H19N3O2S/c1-9(2)6-11-8-20-14(15-11)16-13-5-4-12(17(18)19)7-10(13)3/h4-5,7,9,11H,6,8H2,1-3H3,(H,15,16). The molecule has 1 unspecified atom stereocenters. The Kier molecular flexibility index (Phi) is 4.65. The molecule has 20 heavy (non-hydrogen) atoms. The van der Waals surface area contributed by atoms with Crippen molar-refractivity contribution in [2.24, 2.45) is 10.9 Å². The van der Waals surface area contributed by atoms with E-state index in [0.717, 1.165) is 28.6 Å². The Balaban J connectivity index is 2.10. The van der Waals surface area contributed by atoms with Crippen LogP contribution in [0.2, 0.25) is 0 Å². The maximum atomic E-state index is 10.7. The van der Waals surface area contributed by atoms with Crippen molar-refractivity contribution in [1.82, 2.24) is 5.32 Å². The van der Waals surface area contributed by atoms with Gasteiger partial charge in [0.15, 0.2) is 5.17 Å². The van der Waals surface area contributed by atoms with Crippen molar-refractivity contribution in [2.45, 2.75) is 33.2 Å². The lowest BCUT2D eigenvalue weighted by molar-refractivity contribution is -0.384. The van der Waals surface area contributed by atoms with E-state index in [1.165, 1.54) is 6.07 Å². The highest BCUT2D eigenvalue weighted by molar-refractivity contribution is 8.14. The second-order valence-corrected chi connectivity index (χ2v) is 6.44. The van der Waals surface area contributed by atoms with E-state index < -0.39 is 0 Å². The molecule has 1 saturated heterocycles. The van der Waals surface area contributed by atoms with Crippen LogP contribution in [0.25, 0.3) is 0 Å². The SMILES string of the molecule is Cc1cc([N+](=O)[O-])ccc1N=C1NC(CC(C)C)CS1. The van der Waals surface area contributed by atoms with E-state index in [1.807, 2.05) is 6.92 Å². The van der Waals surface area contributed by atoms with Gasteiger partial charge in [-0.25, -0.2) is 4.99 Å². The second-order valence-electron chi connectivity index (χ2n) is 5.43. The zero-order valence-electron chi connectivity index (χ0n) is 11.9. The van der Waals surface area contributed by atoms with Crippen molar-refractivity contribution >= 4 is 28.3 Å². The number of benzene rings is 1. The van der Waals surface area contributed by atoms with E-state index in [1.54, 1.807) is 23.9 Å². The highest BCUT2D eigenvalue weighted by Gasteiger charge is 2.21. The minimum atomic E-state index is -0.384. The topological polar surface area (TPSA) is 67.5 Å². The van der Waals surface area contributed by atoms with Crippen molar-refractivity contribution in [3.63, 3.8) is 0 Å². The predicted molar refractivity (Wildman–Crippen MR) is 83.8 cm³/mol. The molecule has 1 aliphatic rings. The molecule has 1 heterocycles. The first kappa shape index (κ1) is 14.8. The van der Waals surface area contributed by atoms with Crippen LogP contribution in [0, 0.1) is 23.0 Å². The number of nitro benzene ring substituents is 1. The lowest BCUT2D eigenvalue weighted by Gasteiger charge is -2.11. The average Bonchev–Trinajstić information content (AvgIpc) is 2.78. The molecule has 0 amide bonds. The first-order valence-electron chi connectivity index (χ1n) is 6.68. The molecule has 0 spiro atoms. The van der Waals surface area contributed by atoms with Gasteiger partial charge in [0.05, 0.1) is 10.6 Å². The van der Waals surface area contributed by atoms with Gasteiger partial charge in [0, 0.05) is 23.9 Å². The smallest absolute Gasteiger partial charge is 0.269 e. The zero-order chi connectivity index (χ0) is 14.7. The molecule has 1 aromatic carbocycles. The monoisotopic (exact) mass is 293 g/mol. The van der Waals surface area contributed by atoms with E-state index in [0.29, 0.717) is 12.0 Å². The number of non-ortho nitro benzene ring substituents is 1. The van der Waals surface area contributed by atoms with Gasteiger partial charge in [0.2, 0.25) is 0 Å². The van der Waals surface area contributed by atoms with E-state index in [-0.39, 0.29) is 10.6 Å². The van der Waals surface area contributed by atoms with Crippen LogP contribution in [0.1, 0.15) is 25.8 Å². The summed E-state index contributed by atoms with van der Waals surface area (Å²) in [6.45, 7) is 6.27. The fourth-order valence-corrected chi connectivity index (χ4v) is 3.18. The minimum Gasteiger partial charge on any atom is -0.361 e. The normalized spacial score (nSPS) is 20.4. The summed E-state index contributed by atoms with van der Waals surface area (Å²) in [6, 6.07) is 5.23. The lowest BCUT2D eigenvalue weighted by atomic mass is 10.1. The Morgan fingerprint density at radius 3 is 2.90 bits per heavy atom. The molecule has 0 saturated carbocycles. The van der Waals surface area contributed by atoms with E-state index in [9.17, 15) is 10.1 Å². The number of nitrogens with one attached hydrogen (secondary N) is 1. The van der Waals surface area contributed by atoms with E-state index in [4.69, 9.17) is 0 Å². The Bertz CT molecular complexity index is 543. The third-order valence-corrected chi connectivity index (χ3v) is 4.17. The van der Waals surface area contributed by atoms with Gasteiger partial charge in [-0.1, -0.05) is 25.6 Å². The number of nitro groups is 1. The number of amidine groups is 1. The van der Waals surface area contributed by atoms with Gasteiger partial charge in [0.1, 0.15) is 0 Å². The number of rotatable bonds is 4. The molecule has 5 nitrogen and oxygen atoms in total. The number of nitrogens with zero attached hydrogens (tertiary/aromatic N) is 2. The minimum absolute atomic E-state index is 0.108. The second kappa shape index (κ2) is 6.26. The maximum Gasteiger partial charge on any atom is 0.269 e.